The topological polar surface area (TPSA) is 55.8 Å². The van der Waals surface area contributed by atoms with Crippen LogP contribution in [-0.2, 0) is 6.42 Å². The van der Waals surface area contributed by atoms with Gasteiger partial charge in [-0.25, -0.2) is 4.98 Å². The Balaban J connectivity index is 1.73. The molecule has 0 radical (unpaired) electrons. The first-order chi connectivity index (χ1) is 13.5. The van der Waals surface area contributed by atoms with Crippen LogP contribution in [-0.4, -0.2) is 67.2 Å². The lowest BCUT2D eigenvalue weighted by Crippen LogP contribution is -2.39. The lowest BCUT2D eigenvalue weighted by molar-refractivity contribution is 0.174. The predicted octanol–water partition coefficient (Wildman–Crippen LogP) is 3.35. The molecule has 0 bridgehead atoms. The Morgan fingerprint density at radius 1 is 1.21 bits per heavy atom. The highest BCUT2D eigenvalue weighted by Crippen LogP contribution is 2.24. The van der Waals surface area contributed by atoms with Gasteiger partial charge in [0.25, 0.3) is 0 Å². The number of nitrogens with zero attached hydrogens (tertiary/aromatic N) is 4. The summed E-state index contributed by atoms with van der Waals surface area (Å²) in [5, 5.41) is 10.2. The number of aliphatic imine (C=N–C) groups is 1. The van der Waals surface area contributed by atoms with Crippen molar-refractivity contribution in [2.45, 2.75) is 72.4 Å². The summed E-state index contributed by atoms with van der Waals surface area (Å²) >= 11 is 1.78. The van der Waals surface area contributed by atoms with E-state index in [1.807, 2.05) is 0 Å². The molecule has 0 unspecified atom stereocenters. The Morgan fingerprint density at radius 2 is 1.93 bits per heavy atom. The van der Waals surface area contributed by atoms with Gasteiger partial charge in [-0.1, -0.05) is 0 Å². The highest BCUT2D eigenvalue weighted by atomic mass is 32.1. The fourth-order valence-corrected chi connectivity index (χ4v) is 4.59. The van der Waals surface area contributed by atoms with Gasteiger partial charge in [-0.2, -0.15) is 0 Å². The average Bonchev–Trinajstić information content (AvgIpc) is 3.32. The second-order valence-corrected chi connectivity index (χ2v) is 8.87. The van der Waals surface area contributed by atoms with Crippen molar-refractivity contribution in [1.29, 1.82) is 0 Å². The molecule has 0 aromatic carbocycles. The van der Waals surface area contributed by atoms with Crippen LogP contribution in [0.4, 0.5) is 5.13 Å². The Hall–Kier alpha value is -1.34. The monoisotopic (exact) mass is 408 g/mol. The minimum absolute atomic E-state index is 0.582. The molecule has 0 amide bonds. The molecule has 0 saturated carbocycles. The van der Waals surface area contributed by atoms with Gasteiger partial charge in [0.05, 0.1) is 5.69 Å². The third-order valence-electron chi connectivity index (χ3n) is 5.10. The molecule has 0 aliphatic carbocycles. The summed E-state index contributed by atoms with van der Waals surface area (Å²) in [6.07, 6.45) is 4.61. The van der Waals surface area contributed by atoms with Crippen molar-refractivity contribution in [2.75, 3.05) is 44.2 Å². The smallest absolute Gasteiger partial charge is 0.191 e. The molecule has 1 aromatic heterocycles. The highest BCUT2D eigenvalue weighted by Gasteiger charge is 2.15. The third kappa shape index (κ3) is 7.59. The summed E-state index contributed by atoms with van der Waals surface area (Å²) in [5.41, 5.74) is 1.18. The number of hydrogen-bond donors (Lipinski definition) is 2. The van der Waals surface area contributed by atoms with Gasteiger partial charge in [0, 0.05) is 63.2 Å². The number of aromatic nitrogens is 1. The van der Waals surface area contributed by atoms with Crippen LogP contribution in [0.3, 0.4) is 0 Å². The quantitative estimate of drug-likeness (QED) is 0.334. The first-order valence-electron chi connectivity index (χ1n) is 11.0. The largest absolute Gasteiger partial charge is 0.357 e. The number of rotatable bonds is 11. The Labute approximate surface area is 175 Å². The summed E-state index contributed by atoms with van der Waals surface area (Å²) in [5.74, 6) is 0.915. The van der Waals surface area contributed by atoms with Gasteiger partial charge in [-0.15, -0.1) is 11.3 Å². The van der Waals surface area contributed by atoms with E-state index >= 15 is 0 Å². The molecule has 6 nitrogen and oxygen atoms in total. The van der Waals surface area contributed by atoms with Gasteiger partial charge in [0.15, 0.2) is 11.1 Å². The van der Waals surface area contributed by atoms with E-state index in [2.05, 4.69) is 60.4 Å². The van der Waals surface area contributed by atoms with Crippen molar-refractivity contribution in [3.05, 3.63) is 11.1 Å². The van der Waals surface area contributed by atoms with Crippen LogP contribution < -0.4 is 15.5 Å². The maximum absolute atomic E-state index is 4.80. The van der Waals surface area contributed by atoms with Crippen molar-refractivity contribution >= 4 is 22.4 Å². The second-order valence-electron chi connectivity index (χ2n) is 8.03. The average molecular weight is 409 g/mol. The number of anilines is 1. The Bertz CT molecular complexity index is 569. The van der Waals surface area contributed by atoms with Crippen molar-refractivity contribution in [1.82, 2.24) is 20.5 Å². The van der Waals surface area contributed by atoms with E-state index in [4.69, 9.17) is 9.98 Å². The zero-order valence-electron chi connectivity index (χ0n) is 18.5. The molecular formula is C21H40N6S. The fraction of sp³-hybridized carbons (Fsp3) is 0.810. The van der Waals surface area contributed by atoms with Gasteiger partial charge < -0.3 is 15.5 Å². The Morgan fingerprint density at radius 3 is 2.57 bits per heavy atom. The SMILES string of the molecule is CCNC(=NCCCN(C(C)C)C(C)C)NCCc1csc(N2CCCC2)n1. The van der Waals surface area contributed by atoms with Gasteiger partial charge >= 0.3 is 0 Å². The molecule has 0 atom stereocenters. The molecule has 2 rings (SSSR count). The summed E-state index contributed by atoms with van der Waals surface area (Å²) in [6, 6.07) is 1.16. The Kier molecular flexibility index (Phi) is 10.1. The maximum Gasteiger partial charge on any atom is 0.191 e. The fourth-order valence-electron chi connectivity index (χ4n) is 3.67. The number of guanidine groups is 1. The molecular weight excluding hydrogens is 368 g/mol. The van der Waals surface area contributed by atoms with E-state index < -0.39 is 0 Å². The first-order valence-corrected chi connectivity index (χ1v) is 11.9. The van der Waals surface area contributed by atoms with Crippen LogP contribution in [0.15, 0.2) is 10.4 Å². The van der Waals surface area contributed by atoms with Crippen molar-refractivity contribution in [3.63, 3.8) is 0 Å². The normalized spacial score (nSPS) is 15.3. The van der Waals surface area contributed by atoms with E-state index in [1.54, 1.807) is 11.3 Å². The van der Waals surface area contributed by atoms with Crippen LogP contribution in [0.2, 0.25) is 0 Å². The number of nitrogens with one attached hydrogen (secondary N) is 2. The van der Waals surface area contributed by atoms with E-state index in [9.17, 15) is 0 Å². The molecule has 1 aromatic rings. The third-order valence-corrected chi connectivity index (χ3v) is 6.06. The summed E-state index contributed by atoms with van der Waals surface area (Å²) in [4.78, 5) is 14.5. The van der Waals surface area contributed by atoms with E-state index in [1.165, 1.54) is 23.7 Å². The van der Waals surface area contributed by atoms with Crippen molar-refractivity contribution in [3.8, 4) is 0 Å². The lowest BCUT2D eigenvalue weighted by atomic mass is 10.2. The molecule has 2 heterocycles. The van der Waals surface area contributed by atoms with E-state index in [0.29, 0.717) is 12.1 Å². The molecule has 0 spiro atoms. The van der Waals surface area contributed by atoms with Gasteiger partial charge in [0.2, 0.25) is 0 Å². The van der Waals surface area contributed by atoms with Gasteiger partial charge in [0.1, 0.15) is 0 Å². The van der Waals surface area contributed by atoms with E-state index in [-0.39, 0.29) is 0 Å². The predicted molar refractivity (Wildman–Crippen MR) is 123 cm³/mol. The number of thiazole rings is 1. The molecule has 1 fully saturated rings. The van der Waals surface area contributed by atoms with E-state index in [0.717, 1.165) is 58.1 Å². The first kappa shape index (κ1) is 22.9. The molecule has 160 valence electrons. The zero-order chi connectivity index (χ0) is 20.4. The maximum atomic E-state index is 4.80. The van der Waals surface area contributed by atoms with Crippen LogP contribution in [0, 0.1) is 0 Å². The van der Waals surface area contributed by atoms with Crippen molar-refractivity contribution in [2.24, 2.45) is 4.99 Å². The summed E-state index contributed by atoms with van der Waals surface area (Å²) in [7, 11) is 0. The summed E-state index contributed by atoms with van der Waals surface area (Å²) in [6.45, 7) is 17.2. The molecule has 1 saturated heterocycles. The number of hydrogen-bond acceptors (Lipinski definition) is 5. The molecule has 2 N–H and O–H groups in total. The van der Waals surface area contributed by atoms with Crippen LogP contribution in [0.25, 0.3) is 0 Å². The minimum atomic E-state index is 0.582. The van der Waals surface area contributed by atoms with Crippen molar-refractivity contribution < 1.29 is 0 Å². The molecule has 7 heteroatoms. The molecule has 1 aliphatic rings. The second kappa shape index (κ2) is 12.3. The van der Waals surface area contributed by atoms with Crippen LogP contribution >= 0.6 is 11.3 Å². The highest BCUT2D eigenvalue weighted by molar-refractivity contribution is 7.13. The lowest BCUT2D eigenvalue weighted by Gasteiger charge is -2.30. The van der Waals surface area contributed by atoms with Crippen LogP contribution in [0.1, 0.15) is 59.6 Å². The van der Waals surface area contributed by atoms with Gasteiger partial charge in [-0.05, 0) is 53.9 Å². The molecule has 1 aliphatic heterocycles. The molecule has 28 heavy (non-hydrogen) atoms. The van der Waals surface area contributed by atoms with Crippen LogP contribution in [0.5, 0.6) is 0 Å². The minimum Gasteiger partial charge on any atom is -0.357 e. The standard InChI is InChI=1S/C21H40N6S/c1-6-22-20(23-11-9-15-27(17(2)3)18(4)5)24-12-10-19-16-28-21(25-19)26-13-7-8-14-26/h16-18H,6-15H2,1-5H3,(H2,22,23,24). The summed E-state index contributed by atoms with van der Waals surface area (Å²) < 4.78 is 0. The van der Waals surface area contributed by atoms with Gasteiger partial charge in [-0.3, -0.25) is 9.89 Å². The zero-order valence-corrected chi connectivity index (χ0v) is 19.3.